The van der Waals surface area contributed by atoms with Gasteiger partial charge in [-0.15, -0.1) is 0 Å². The van der Waals surface area contributed by atoms with Gasteiger partial charge in [0.15, 0.2) is 24.2 Å². The van der Waals surface area contributed by atoms with Crippen LogP contribution in [-0.4, -0.2) is 45.8 Å². The molecule has 0 aliphatic carbocycles. The highest BCUT2D eigenvalue weighted by molar-refractivity contribution is 6.02. The van der Waals surface area contributed by atoms with Crippen molar-refractivity contribution in [3.05, 3.63) is 81.9 Å². The highest BCUT2D eigenvalue weighted by atomic mass is 16.6. The van der Waals surface area contributed by atoms with Crippen LogP contribution in [-0.2, 0) is 22.5 Å². The third-order valence-electron chi connectivity index (χ3n) is 6.05. The average Bonchev–Trinajstić information content (AvgIpc) is 3.17. The maximum Gasteiger partial charge on any atom is 0.312 e. The lowest BCUT2D eigenvalue weighted by molar-refractivity contribution is -0.141. The number of ether oxygens (including phenoxy) is 3. The number of H-pyrrole nitrogens is 1. The minimum atomic E-state index is -0.644. The molecule has 3 heterocycles. The van der Waals surface area contributed by atoms with Gasteiger partial charge < -0.3 is 24.5 Å². The van der Waals surface area contributed by atoms with Gasteiger partial charge in [-0.1, -0.05) is 30.3 Å². The number of benzene rings is 2. The Kier molecular flexibility index (Phi) is 6.16. The van der Waals surface area contributed by atoms with Gasteiger partial charge in [-0.05, 0) is 31.2 Å². The highest BCUT2D eigenvalue weighted by Crippen LogP contribution is 2.32. The van der Waals surface area contributed by atoms with Crippen molar-refractivity contribution in [2.24, 2.45) is 0 Å². The molecule has 0 amide bonds. The first kappa shape index (κ1) is 23.2. The molecule has 0 bridgehead atoms. The maximum atomic E-state index is 12.8. The Bertz CT molecular complexity index is 1520. The number of esters is 1. The fourth-order valence-corrected chi connectivity index (χ4v) is 4.24. The van der Waals surface area contributed by atoms with E-state index in [1.807, 2.05) is 31.2 Å². The number of ketones is 1. The lowest BCUT2D eigenvalue weighted by Gasteiger charge is -2.27. The van der Waals surface area contributed by atoms with Crippen molar-refractivity contribution in [1.29, 1.82) is 0 Å². The fraction of sp³-hybridized carbons (Fsp3) is 0.231. The van der Waals surface area contributed by atoms with E-state index < -0.39 is 18.4 Å². The molecule has 36 heavy (non-hydrogen) atoms. The number of nitrogens with zero attached hydrogens (tertiary/aromatic N) is 2. The van der Waals surface area contributed by atoms with E-state index in [1.165, 1.54) is 0 Å². The number of nitrogen functional groups attached to an aromatic ring is 1. The van der Waals surface area contributed by atoms with Crippen LogP contribution in [0, 0.1) is 6.92 Å². The summed E-state index contributed by atoms with van der Waals surface area (Å²) in [6.07, 6.45) is -0.477. The summed E-state index contributed by atoms with van der Waals surface area (Å²) in [5.74, 6) is 0.547. The number of fused-ring (bicyclic) bond motifs is 2. The number of hydrogen-bond donors (Lipinski definition) is 2. The molecular weight excluding hydrogens is 464 g/mol. The number of rotatable bonds is 7. The van der Waals surface area contributed by atoms with Gasteiger partial charge in [0.1, 0.15) is 12.4 Å². The molecule has 0 saturated heterocycles. The smallest absolute Gasteiger partial charge is 0.312 e. The molecule has 4 aromatic rings. The molecule has 10 heteroatoms. The first-order chi connectivity index (χ1) is 17.4. The highest BCUT2D eigenvalue weighted by Gasteiger charge is 2.25. The molecular formula is C26H24N4O6. The molecule has 1 aliphatic rings. The number of hydrogen-bond acceptors (Lipinski definition) is 8. The Morgan fingerprint density at radius 1 is 1.14 bits per heavy atom. The number of aromatic nitrogens is 3. The normalized spacial score (nSPS) is 14.5. The average molecular weight is 489 g/mol. The minimum absolute atomic E-state index is 0.194. The Morgan fingerprint density at radius 2 is 1.86 bits per heavy atom. The van der Waals surface area contributed by atoms with Gasteiger partial charge in [0.05, 0.1) is 29.6 Å². The Balaban J connectivity index is 1.23. The Labute approximate surface area is 205 Å². The van der Waals surface area contributed by atoms with E-state index in [0.717, 1.165) is 5.69 Å². The number of carbonyl (C=O) groups is 2. The van der Waals surface area contributed by atoms with Gasteiger partial charge in [-0.25, -0.2) is 5.10 Å². The van der Waals surface area contributed by atoms with Crippen molar-refractivity contribution >= 4 is 28.3 Å². The van der Waals surface area contributed by atoms with E-state index in [-0.39, 0.29) is 29.5 Å². The zero-order chi connectivity index (χ0) is 25.2. The van der Waals surface area contributed by atoms with Crippen molar-refractivity contribution < 1.29 is 23.8 Å². The van der Waals surface area contributed by atoms with Crippen LogP contribution in [0.1, 0.15) is 21.7 Å². The summed E-state index contributed by atoms with van der Waals surface area (Å²) in [5, 5.41) is 7.31. The lowest BCUT2D eigenvalue weighted by Crippen LogP contribution is -2.33. The summed E-state index contributed by atoms with van der Waals surface area (Å²) in [7, 11) is 0. The zero-order valence-corrected chi connectivity index (χ0v) is 19.5. The van der Waals surface area contributed by atoms with Crippen LogP contribution < -0.4 is 20.8 Å². The summed E-state index contributed by atoms with van der Waals surface area (Å²) in [6.45, 7) is 2.11. The number of Topliss-reactive ketones (excluding diaryl/α,β-unsaturated/α-hetero) is 1. The van der Waals surface area contributed by atoms with Crippen molar-refractivity contribution in [2.75, 3.05) is 18.9 Å². The number of nitrogens with one attached hydrogen (secondary N) is 1. The quantitative estimate of drug-likeness (QED) is 0.299. The first-order valence-corrected chi connectivity index (χ1v) is 11.4. The maximum absolute atomic E-state index is 12.8. The van der Waals surface area contributed by atoms with E-state index >= 15 is 0 Å². The van der Waals surface area contributed by atoms with Crippen LogP contribution in [0.2, 0.25) is 0 Å². The molecule has 3 N–H and O–H groups in total. The molecule has 0 saturated carbocycles. The van der Waals surface area contributed by atoms with E-state index in [0.29, 0.717) is 41.1 Å². The molecule has 0 spiro atoms. The largest absolute Gasteiger partial charge is 0.486 e. The van der Waals surface area contributed by atoms with Crippen molar-refractivity contribution in [3.8, 4) is 11.5 Å². The predicted molar refractivity (Wildman–Crippen MR) is 131 cm³/mol. The molecule has 1 aliphatic heterocycles. The third-order valence-corrected chi connectivity index (χ3v) is 6.05. The molecule has 1 unspecified atom stereocenters. The van der Waals surface area contributed by atoms with Gasteiger partial charge in [0.25, 0.3) is 5.56 Å². The number of para-hydroxylation sites is 2. The number of anilines is 1. The monoisotopic (exact) mass is 488 g/mol. The first-order valence-electron chi connectivity index (χ1n) is 11.4. The standard InChI is InChI=1S/C26H24N4O6/c1-15-10-19(25(27)30(15)12-16-13-34-22-8-4-5-9-23(22)36-16)21(31)14-35-24(32)11-20-17-6-2-3-7-18(17)26(33)29-28-20/h2-10,16H,11-14,27H2,1H3,(H,29,33). The number of aromatic amines is 1. The summed E-state index contributed by atoms with van der Waals surface area (Å²) >= 11 is 0. The topological polar surface area (TPSA) is 139 Å². The number of nitrogens with two attached hydrogens (primary N) is 1. The van der Waals surface area contributed by atoms with Crippen molar-refractivity contribution in [1.82, 2.24) is 14.8 Å². The zero-order valence-electron chi connectivity index (χ0n) is 19.5. The predicted octanol–water partition coefficient (Wildman–Crippen LogP) is 2.42. The second-order valence-electron chi connectivity index (χ2n) is 8.50. The molecule has 0 radical (unpaired) electrons. The van der Waals surface area contributed by atoms with E-state index in [9.17, 15) is 14.4 Å². The van der Waals surface area contributed by atoms with Crippen LogP contribution in [0.25, 0.3) is 10.8 Å². The van der Waals surface area contributed by atoms with Crippen molar-refractivity contribution in [3.63, 3.8) is 0 Å². The fourth-order valence-electron chi connectivity index (χ4n) is 4.24. The van der Waals surface area contributed by atoms with E-state index in [2.05, 4.69) is 10.2 Å². The molecule has 10 nitrogen and oxygen atoms in total. The number of aryl methyl sites for hydroxylation is 1. The third kappa shape index (κ3) is 4.52. The summed E-state index contributed by atoms with van der Waals surface area (Å²) in [4.78, 5) is 37.2. The SMILES string of the molecule is Cc1cc(C(=O)COC(=O)Cc2n[nH]c(=O)c3ccccc23)c(N)n1CC1COc2ccccc2O1. The van der Waals surface area contributed by atoms with Gasteiger partial charge in [-0.2, -0.15) is 5.10 Å². The summed E-state index contributed by atoms with van der Waals surface area (Å²) in [6, 6.07) is 15.9. The Hall–Kier alpha value is -4.60. The van der Waals surface area contributed by atoms with Crippen LogP contribution in [0.4, 0.5) is 5.82 Å². The molecule has 0 fully saturated rings. The molecule has 2 aromatic heterocycles. The van der Waals surface area contributed by atoms with Gasteiger partial charge in [-0.3, -0.25) is 14.4 Å². The van der Waals surface area contributed by atoms with E-state index in [4.69, 9.17) is 19.9 Å². The molecule has 2 aromatic carbocycles. The van der Waals surface area contributed by atoms with Crippen LogP contribution >= 0.6 is 0 Å². The van der Waals surface area contributed by atoms with Crippen LogP contribution in [0.15, 0.2) is 59.4 Å². The minimum Gasteiger partial charge on any atom is -0.486 e. The van der Waals surface area contributed by atoms with Crippen molar-refractivity contribution in [2.45, 2.75) is 26.0 Å². The molecule has 184 valence electrons. The lowest BCUT2D eigenvalue weighted by atomic mass is 10.1. The van der Waals surface area contributed by atoms with Crippen LogP contribution in [0.5, 0.6) is 11.5 Å². The second kappa shape index (κ2) is 9.57. The van der Waals surface area contributed by atoms with E-state index in [1.54, 1.807) is 34.9 Å². The summed E-state index contributed by atoms with van der Waals surface area (Å²) in [5.41, 5.74) is 7.34. The molecule has 5 rings (SSSR count). The summed E-state index contributed by atoms with van der Waals surface area (Å²) < 4.78 is 18.8. The number of carbonyl (C=O) groups excluding carboxylic acids is 2. The van der Waals surface area contributed by atoms with Crippen LogP contribution in [0.3, 0.4) is 0 Å². The second-order valence-corrected chi connectivity index (χ2v) is 8.50. The molecule has 1 atom stereocenters. The van der Waals surface area contributed by atoms with Gasteiger partial charge >= 0.3 is 5.97 Å². The van der Waals surface area contributed by atoms with Gasteiger partial charge in [0, 0.05) is 11.1 Å². The Morgan fingerprint density at radius 3 is 2.67 bits per heavy atom. The van der Waals surface area contributed by atoms with Gasteiger partial charge in [0.2, 0.25) is 5.78 Å².